The number of nitrogens with one attached hydrogen (secondary N) is 2. The van der Waals surface area contributed by atoms with E-state index in [0.29, 0.717) is 24.4 Å². The average molecular weight is 379 g/mol. The molecule has 1 fully saturated rings. The van der Waals surface area contributed by atoms with Gasteiger partial charge >= 0.3 is 0 Å². The summed E-state index contributed by atoms with van der Waals surface area (Å²) in [4.78, 5) is 24.5. The summed E-state index contributed by atoms with van der Waals surface area (Å²) in [7, 11) is 0. The highest BCUT2D eigenvalue weighted by atomic mass is 16.2. The first-order valence-corrected chi connectivity index (χ1v) is 10.3. The molecule has 2 atom stereocenters. The van der Waals surface area contributed by atoms with Crippen LogP contribution < -0.4 is 10.6 Å². The van der Waals surface area contributed by atoms with Crippen LogP contribution in [-0.2, 0) is 17.8 Å². The molecule has 4 heteroatoms. The number of benzene rings is 2. The molecule has 2 aromatic carbocycles. The zero-order valence-electron chi connectivity index (χ0n) is 16.6. The Bertz CT molecular complexity index is 771. The smallest absolute Gasteiger partial charge is 0.251 e. The predicted molar refractivity (Wildman–Crippen MR) is 112 cm³/mol. The van der Waals surface area contributed by atoms with E-state index < -0.39 is 0 Å². The van der Waals surface area contributed by atoms with Crippen LogP contribution in [0.1, 0.15) is 60.5 Å². The van der Waals surface area contributed by atoms with Gasteiger partial charge in [0.05, 0.1) is 0 Å². The summed E-state index contributed by atoms with van der Waals surface area (Å²) >= 11 is 0. The maximum Gasteiger partial charge on any atom is 0.251 e. The van der Waals surface area contributed by atoms with Gasteiger partial charge in [-0.25, -0.2) is 0 Å². The molecule has 0 spiro atoms. The third kappa shape index (κ3) is 5.95. The molecule has 0 bridgehead atoms. The molecule has 3 rings (SSSR count). The molecule has 4 nitrogen and oxygen atoms in total. The highest BCUT2D eigenvalue weighted by Gasteiger charge is 2.23. The normalized spacial score (nSPS) is 19.0. The van der Waals surface area contributed by atoms with E-state index in [1.807, 2.05) is 54.6 Å². The Morgan fingerprint density at radius 3 is 2.36 bits per heavy atom. The van der Waals surface area contributed by atoms with Crippen molar-refractivity contribution in [3.8, 4) is 0 Å². The minimum absolute atomic E-state index is 0.00260. The van der Waals surface area contributed by atoms with Gasteiger partial charge in [-0.3, -0.25) is 9.59 Å². The molecule has 2 aromatic rings. The minimum atomic E-state index is -0.00260. The summed E-state index contributed by atoms with van der Waals surface area (Å²) in [5.74, 6) is 0.581. The lowest BCUT2D eigenvalue weighted by Gasteiger charge is -2.29. The van der Waals surface area contributed by atoms with Crippen molar-refractivity contribution in [1.82, 2.24) is 10.6 Å². The first-order valence-electron chi connectivity index (χ1n) is 10.3. The van der Waals surface area contributed by atoms with Gasteiger partial charge in [0.25, 0.3) is 5.91 Å². The number of amides is 2. The second-order valence-electron chi connectivity index (χ2n) is 7.80. The molecule has 0 saturated heterocycles. The van der Waals surface area contributed by atoms with Crippen LogP contribution in [0.5, 0.6) is 0 Å². The highest BCUT2D eigenvalue weighted by molar-refractivity contribution is 5.94. The van der Waals surface area contributed by atoms with Crippen LogP contribution in [0.15, 0.2) is 54.6 Å². The molecule has 0 heterocycles. The van der Waals surface area contributed by atoms with Gasteiger partial charge < -0.3 is 10.6 Å². The summed E-state index contributed by atoms with van der Waals surface area (Å²) in [5, 5.41) is 6.13. The quantitative estimate of drug-likeness (QED) is 0.757. The monoisotopic (exact) mass is 378 g/mol. The predicted octanol–water partition coefficient (Wildman–Crippen LogP) is 4.24. The van der Waals surface area contributed by atoms with Crippen LogP contribution in [0, 0.1) is 5.92 Å². The van der Waals surface area contributed by atoms with Gasteiger partial charge in [-0.2, -0.15) is 0 Å². The van der Waals surface area contributed by atoms with Crippen molar-refractivity contribution in [2.45, 2.75) is 58.0 Å². The van der Waals surface area contributed by atoms with Crippen LogP contribution in [0.25, 0.3) is 0 Å². The fraction of sp³-hybridized carbons (Fsp3) is 0.417. The van der Waals surface area contributed by atoms with Gasteiger partial charge in [-0.05, 0) is 48.4 Å². The van der Waals surface area contributed by atoms with Crippen LogP contribution in [0.4, 0.5) is 0 Å². The van der Waals surface area contributed by atoms with Crippen LogP contribution in [0.3, 0.4) is 0 Å². The summed E-state index contributed by atoms with van der Waals surface area (Å²) in [6.07, 6.45) is 5.93. The van der Waals surface area contributed by atoms with E-state index in [0.717, 1.165) is 18.4 Å². The van der Waals surface area contributed by atoms with Gasteiger partial charge in [0.15, 0.2) is 0 Å². The SMILES string of the molecule is CC1CCCCC1NC(=O)c1ccc(CNC(=O)CCc2ccccc2)cc1. The Labute approximate surface area is 167 Å². The zero-order valence-corrected chi connectivity index (χ0v) is 16.6. The van der Waals surface area contributed by atoms with Crippen molar-refractivity contribution in [3.05, 3.63) is 71.3 Å². The van der Waals surface area contributed by atoms with Gasteiger partial charge in [-0.15, -0.1) is 0 Å². The largest absolute Gasteiger partial charge is 0.352 e. The lowest BCUT2D eigenvalue weighted by molar-refractivity contribution is -0.121. The van der Waals surface area contributed by atoms with E-state index in [2.05, 4.69) is 17.6 Å². The Balaban J connectivity index is 1.43. The molecule has 2 N–H and O–H groups in total. The maximum atomic E-state index is 12.5. The second kappa shape index (κ2) is 10.1. The first kappa shape index (κ1) is 20.1. The van der Waals surface area contributed by atoms with E-state index in [9.17, 15) is 9.59 Å². The van der Waals surface area contributed by atoms with Crippen LogP contribution in [0.2, 0.25) is 0 Å². The van der Waals surface area contributed by atoms with Gasteiger partial charge in [0, 0.05) is 24.6 Å². The number of rotatable bonds is 7. The standard InChI is InChI=1S/C24H30N2O2/c1-18-7-5-6-10-22(18)26-24(28)21-14-11-20(12-15-21)17-25-23(27)16-13-19-8-3-2-4-9-19/h2-4,8-9,11-12,14-15,18,22H,5-7,10,13,16-17H2,1H3,(H,25,27)(H,26,28). The van der Waals surface area contributed by atoms with Crippen LogP contribution in [-0.4, -0.2) is 17.9 Å². The molecule has 1 aliphatic carbocycles. The van der Waals surface area contributed by atoms with Crippen molar-refractivity contribution in [1.29, 1.82) is 0 Å². The van der Waals surface area contributed by atoms with Gasteiger partial charge in [0.1, 0.15) is 0 Å². The number of carbonyl (C=O) groups is 2. The number of carbonyl (C=O) groups excluding carboxylic acids is 2. The third-order valence-electron chi connectivity index (χ3n) is 5.62. The fourth-order valence-corrected chi connectivity index (χ4v) is 3.75. The Morgan fingerprint density at radius 2 is 1.64 bits per heavy atom. The molecule has 0 radical (unpaired) electrons. The van der Waals surface area contributed by atoms with Crippen molar-refractivity contribution in [3.63, 3.8) is 0 Å². The first-order chi connectivity index (χ1) is 13.6. The second-order valence-corrected chi connectivity index (χ2v) is 7.80. The van der Waals surface area contributed by atoms with Crippen molar-refractivity contribution in [2.75, 3.05) is 0 Å². The summed E-state index contributed by atoms with van der Waals surface area (Å²) in [5.41, 5.74) is 2.84. The highest BCUT2D eigenvalue weighted by Crippen LogP contribution is 2.24. The molecular weight excluding hydrogens is 348 g/mol. The van der Waals surface area contributed by atoms with E-state index in [1.54, 1.807) is 0 Å². The molecule has 28 heavy (non-hydrogen) atoms. The molecular formula is C24H30N2O2. The molecule has 2 amide bonds. The molecule has 148 valence electrons. The Morgan fingerprint density at radius 1 is 0.929 bits per heavy atom. The summed E-state index contributed by atoms with van der Waals surface area (Å²) in [6, 6.07) is 17.8. The third-order valence-corrected chi connectivity index (χ3v) is 5.62. The van der Waals surface area contributed by atoms with Gasteiger partial charge in [0.2, 0.25) is 5.91 Å². The zero-order chi connectivity index (χ0) is 19.8. The molecule has 1 saturated carbocycles. The molecule has 0 aliphatic heterocycles. The Kier molecular flexibility index (Phi) is 7.24. The van der Waals surface area contributed by atoms with Crippen molar-refractivity contribution < 1.29 is 9.59 Å². The Hall–Kier alpha value is -2.62. The van der Waals surface area contributed by atoms with Crippen LogP contribution >= 0.6 is 0 Å². The molecule has 1 aliphatic rings. The average Bonchev–Trinajstić information content (AvgIpc) is 2.73. The summed E-state index contributed by atoms with van der Waals surface area (Å²) < 4.78 is 0. The van der Waals surface area contributed by atoms with E-state index >= 15 is 0 Å². The molecule has 0 aromatic heterocycles. The van der Waals surface area contributed by atoms with Crippen molar-refractivity contribution in [2.24, 2.45) is 5.92 Å². The number of aryl methyl sites for hydroxylation is 1. The molecule has 2 unspecified atom stereocenters. The number of hydrogen-bond acceptors (Lipinski definition) is 2. The van der Waals surface area contributed by atoms with E-state index in [1.165, 1.54) is 24.8 Å². The summed E-state index contributed by atoms with van der Waals surface area (Å²) in [6.45, 7) is 2.70. The minimum Gasteiger partial charge on any atom is -0.352 e. The fourth-order valence-electron chi connectivity index (χ4n) is 3.75. The lowest BCUT2D eigenvalue weighted by atomic mass is 9.86. The number of hydrogen-bond donors (Lipinski definition) is 2. The maximum absolute atomic E-state index is 12.5. The van der Waals surface area contributed by atoms with Crippen molar-refractivity contribution >= 4 is 11.8 Å². The van der Waals surface area contributed by atoms with E-state index in [-0.39, 0.29) is 17.9 Å². The van der Waals surface area contributed by atoms with E-state index in [4.69, 9.17) is 0 Å². The van der Waals surface area contributed by atoms with Gasteiger partial charge in [-0.1, -0.05) is 62.2 Å². The lowest BCUT2D eigenvalue weighted by Crippen LogP contribution is -2.41. The topological polar surface area (TPSA) is 58.2 Å².